The van der Waals surface area contributed by atoms with E-state index in [-0.39, 0.29) is 5.91 Å². The number of rotatable bonds is 11. The lowest BCUT2D eigenvalue weighted by atomic mass is 10.0. The molecule has 1 aliphatic rings. The fraction of sp³-hybridized carbons (Fsp3) is 0.464. The van der Waals surface area contributed by atoms with Crippen LogP contribution in [0.25, 0.3) is 10.9 Å². The molecular formula is C28H36N2O3. The number of benzene rings is 2. The van der Waals surface area contributed by atoms with Crippen molar-refractivity contribution in [2.45, 2.75) is 65.3 Å². The highest BCUT2D eigenvalue weighted by atomic mass is 16.5. The van der Waals surface area contributed by atoms with Crippen LogP contribution >= 0.6 is 0 Å². The first-order chi connectivity index (χ1) is 16.2. The zero-order valence-corrected chi connectivity index (χ0v) is 20.0. The van der Waals surface area contributed by atoms with Gasteiger partial charge in [-0.25, -0.2) is 0 Å². The maximum Gasteiger partial charge on any atom is 0.254 e. The van der Waals surface area contributed by atoms with Crippen molar-refractivity contribution in [1.82, 2.24) is 9.88 Å². The number of nitrogens with zero attached hydrogens (tertiary/aromatic N) is 1. The van der Waals surface area contributed by atoms with E-state index in [1.807, 2.05) is 29.2 Å². The molecule has 3 aromatic rings. The lowest BCUT2D eigenvalue weighted by Crippen LogP contribution is -2.35. The van der Waals surface area contributed by atoms with Crippen molar-refractivity contribution in [3.63, 3.8) is 0 Å². The summed E-state index contributed by atoms with van der Waals surface area (Å²) >= 11 is 0. The maximum absolute atomic E-state index is 13.4. The average Bonchev–Trinajstić information content (AvgIpc) is 3.22. The molecule has 0 bridgehead atoms. The number of aromatic amines is 1. The molecule has 0 unspecified atom stereocenters. The highest BCUT2D eigenvalue weighted by Gasteiger charge is 2.25. The smallest absolute Gasteiger partial charge is 0.254 e. The molecule has 1 aromatic heterocycles. The Kier molecular flexibility index (Phi) is 7.92. The lowest BCUT2D eigenvalue weighted by molar-refractivity contribution is 0.0732. The van der Waals surface area contributed by atoms with Crippen molar-refractivity contribution >= 4 is 16.8 Å². The van der Waals surface area contributed by atoms with Gasteiger partial charge in [0.05, 0.1) is 19.8 Å². The third-order valence-electron chi connectivity index (χ3n) is 6.37. The molecule has 1 aliphatic heterocycles. The molecule has 0 saturated heterocycles. The second-order valence-corrected chi connectivity index (χ2v) is 8.88. The molecule has 5 nitrogen and oxygen atoms in total. The molecule has 1 N–H and O–H groups in total. The first-order valence-corrected chi connectivity index (χ1v) is 12.5. The number of nitrogens with one attached hydrogen (secondary N) is 1. The first-order valence-electron chi connectivity index (χ1n) is 12.5. The zero-order chi connectivity index (χ0) is 23.0. The van der Waals surface area contributed by atoms with Gasteiger partial charge in [0.25, 0.3) is 5.91 Å². The average molecular weight is 449 g/mol. The van der Waals surface area contributed by atoms with Crippen molar-refractivity contribution < 1.29 is 14.3 Å². The Morgan fingerprint density at radius 2 is 1.67 bits per heavy atom. The van der Waals surface area contributed by atoms with Gasteiger partial charge in [-0.1, -0.05) is 57.7 Å². The number of H-pyrrole nitrogens is 1. The van der Waals surface area contributed by atoms with E-state index in [4.69, 9.17) is 9.47 Å². The van der Waals surface area contributed by atoms with Gasteiger partial charge in [0, 0.05) is 28.7 Å². The molecule has 0 saturated carbocycles. The minimum atomic E-state index is 0.0373. The molecule has 0 atom stereocenters. The van der Waals surface area contributed by atoms with Crippen LogP contribution in [0.2, 0.25) is 0 Å². The summed E-state index contributed by atoms with van der Waals surface area (Å²) in [4.78, 5) is 18.8. The summed E-state index contributed by atoms with van der Waals surface area (Å²) in [7, 11) is 0. The van der Waals surface area contributed by atoms with E-state index in [0.717, 1.165) is 68.5 Å². The van der Waals surface area contributed by atoms with Crippen LogP contribution in [0.4, 0.5) is 0 Å². The lowest BCUT2D eigenvalue weighted by Gasteiger charge is -2.27. The number of unbranched alkanes of at least 4 members (excludes halogenated alkanes) is 4. The number of hydrogen-bond acceptors (Lipinski definition) is 3. The summed E-state index contributed by atoms with van der Waals surface area (Å²) in [5.74, 6) is 1.45. The third kappa shape index (κ3) is 5.52. The molecule has 4 rings (SSSR count). The Hall–Kier alpha value is -2.95. The monoisotopic (exact) mass is 448 g/mol. The van der Waals surface area contributed by atoms with Crippen LogP contribution in [0.1, 0.15) is 74.0 Å². The number of fused-ring (bicyclic) bond motifs is 3. The van der Waals surface area contributed by atoms with Gasteiger partial charge >= 0.3 is 0 Å². The Balaban J connectivity index is 1.48. The molecule has 33 heavy (non-hydrogen) atoms. The van der Waals surface area contributed by atoms with Crippen LogP contribution < -0.4 is 9.47 Å². The van der Waals surface area contributed by atoms with Gasteiger partial charge in [0.1, 0.15) is 0 Å². The molecule has 2 heterocycles. The number of para-hydroxylation sites is 1. The quantitative estimate of drug-likeness (QED) is 0.340. The molecule has 0 spiro atoms. The summed E-state index contributed by atoms with van der Waals surface area (Å²) in [5, 5.41) is 1.27. The van der Waals surface area contributed by atoms with Crippen molar-refractivity contribution in [3.05, 3.63) is 59.3 Å². The summed E-state index contributed by atoms with van der Waals surface area (Å²) in [6.07, 6.45) is 7.47. The Morgan fingerprint density at radius 3 is 2.42 bits per heavy atom. The highest BCUT2D eigenvalue weighted by molar-refractivity contribution is 5.95. The van der Waals surface area contributed by atoms with Gasteiger partial charge in [0.15, 0.2) is 11.5 Å². The van der Waals surface area contributed by atoms with Gasteiger partial charge < -0.3 is 19.4 Å². The second-order valence-electron chi connectivity index (χ2n) is 8.88. The van der Waals surface area contributed by atoms with Crippen LogP contribution in [0, 0.1) is 0 Å². The van der Waals surface area contributed by atoms with E-state index in [2.05, 4.69) is 37.0 Å². The number of amides is 1. The minimum Gasteiger partial charge on any atom is -0.490 e. The van der Waals surface area contributed by atoms with Gasteiger partial charge in [-0.15, -0.1) is 0 Å². The normalized spacial score (nSPS) is 13.2. The standard InChI is InChI=1S/C28H36N2O3/c1-3-5-9-17-32-26-14-13-21(19-27(26)33-18-10-6-4-2)28(31)30-16-15-23-22-11-7-8-12-24(22)29-25(23)20-30/h7-8,11-14,19,29H,3-6,9-10,15-18,20H2,1-2H3. The van der Waals surface area contributed by atoms with Crippen LogP contribution in [-0.2, 0) is 13.0 Å². The summed E-state index contributed by atoms with van der Waals surface area (Å²) in [5.41, 5.74) is 4.28. The summed E-state index contributed by atoms with van der Waals surface area (Å²) < 4.78 is 12.1. The first kappa shape index (κ1) is 23.2. The third-order valence-corrected chi connectivity index (χ3v) is 6.37. The van der Waals surface area contributed by atoms with Gasteiger partial charge in [-0.3, -0.25) is 4.79 Å². The predicted octanol–water partition coefficient (Wildman–Crippen LogP) is 6.50. The molecule has 2 aromatic carbocycles. The number of ether oxygens (including phenoxy) is 2. The van der Waals surface area contributed by atoms with Crippen LogP contribution in [0.5, 0.6) is 11.5 Å². The molecule has 0 fully saturated rings. The minimum absolute atomic E-state index is 0.0373. The van der Waals surface area contributed by atoms with Gasteiger partial charge in [-0.05, 0) is 49.1 Å². The Labute approximate surface area is 197 Å². The second kappa shape index (κ2) is 11.3. The predicted molar refractivity (Wildman–Crippen MR) is 133 cm³/mol. The van der Waals surface area contributed by atoms with E-state index >= 15 is 0 Å². The van der Waals surface area contributed by atoms with Crippen molar-refractivity contribution in [2.75, 3.05) is 19.8 Å². The maximum atomic E-state index is 13.4. The Bertz CT molecular complexity index is 1070. The fourth-order valence-corrected chi connectivity index (χ4v) is 4.49. The fourth-order valence-electron chi connectivity index (χ4n) is 4.49. The molecule has 5 heteroatoms. The molecule has 0 radical (unpaired) electrons. The number of carbonyl (C=O) groups excluding carboxylic acids is 1. The number of carbonyl (C=O) groups is 1. The van der Waals surface area contributed by atoms with Crippen LogP contribution in [0.3, 0.4) is 0 Å². The molecule has 0 aliphatic carbocycles. The molecule has 1 amide bonds. The largest absolute Gasteiger partial charge is 0.490 e. The highest BCUT2D eigenvalue weighted by Crippen LogP contribution is 2.32. The molecular weight excluding hydrogens is 412 g/mol. The van der Waals surface area contributed by atoms with Crippen molar-refractivity contribution in [1.29, 1.82) is 0 Å². The molecule has 176 valence electrons. The van der Waals surface area contributed by atoms with E-state index in [0.29, 0.717) is 31.1 Å². The van der Waals surface area contributed by atoms with E-state index in [1.165, 1.54) is 10.9 Å². The Morgan fingerprint density at radius 1 is 0.939 bits per heavy atom. The van der Waals surface area contributed by atoms with Gasteiger partial charge in [-0.2, -0.15) is 0 Å². The zero-order valence-electron chi connectivity index (χ0n) is 20.0. The van der Waals surface area contributed by atoms with E-state index < -0.39 is 0 Å². The van der Waals surface area contributed by atoms with E-state index in [9.17, 15) is 4.79 Å². The van der Waals surface area contributed by atoms with Crippen molar-refractivity contribution in [2.24, 2.45) is 0 Å². The van der Waals surface area contributed by atoms with Crippen LogP contribution in [-0.4, -0.2) is 35.5 Å². The topological polar surface area (TPSA) is 54.6 Å². The van der Waals surface area contributed by atoms with Crippen LogP contribution in [0.15, 0.2) is 42.5 Å². The SMILES string of the molecule is CCCCCOc1ccc(C(=O)N2CCc3c([nH]c4ccccc34)C2)cc1OCCCCC. The van der Waals surface area contributed by atoms with E-state index in [1.54, 1.807) is 0 Å². The van der Waals surface area contributed by atoms with Gasteiger partial charge in [0.2, 0.25) is 0 Å². The number of hydrogen-bond donors (Lipinski definition) is 1. The summed E-state index contributed by atoms with van der Waals surface area (Å²) in [6.45, 7) is 6.99. The number of aromatic nitrogens is 1. The van der Waals surface area contributed by atoms with Crippen molar-refractivity contribution in [3.8, 4) is 11.5 Å². The summed E-state index contributed by atoms with van der Waals surface area (Å²) in [6, 6.07) is 14.0.